The van der Waals surface area contributed by atoms with E-state index in [9.17, 15) is 4.79 Å². The lowest BCUT2D eigenvalue weighted by Gasteiger charge is -2.10. The van der Waals surface area contributed by atoms with Crippen molar-refractivity contribution in [2.45, 2.75) is 6.54 Å². The number of carbonyl (C=O) groups excluding carboxylic acids is 1. The number of hydrogen-bond donors (Lipinski definition) is 0. The molecule has 1 heterocycles. The minimum atomic E-state index is -0.313. The number of rotatable bonds is 3. The van der Waals surface area contributed by atoms with Crippen molar-refractivity contribution in [1.82, 2.24) is 4.57 Å². The van der Waals surface area contributed by atoms with Crippen molar-refractivity contribution in [3.63, 3.8) is 0 Å². The molecule has 0 unspecified atom stereocenters. The Labute approximate surface area is 140 Å². The number of carbonyl (C=O) groups is 1. The summed E-state index contributed by atoms with van der Waals surface area (Å²) in [6.07, 6.45) is 0. The summed E-state index contributed by atoms with van der Waals surface area (Å²) in [4.78, 5) is 12.2. The zero-order valence-corrected chi connectivity index (χ0v) is 13.4. The molecule has 0 amide bonds. The lowest BCUT2D eigenvalue weighted by molar-refractivity contribution is 0.0589. The summed E-state index contributed by atoms with van der Waals surface area (Å²) in [6.45, 7) is 0.628. The highest BCUT2D eigenvalue weighted by molar-refractivity contribution is 5.95. The number of aromatic nitrogens is 1. The van der Waals surface area contributed by atoms with Gasteiger partial charge in [0, 0.05) is 17.4 Å². The normalized spacial score (nSPS) is 11.0. The van der Waals surface area contributed by atoms with Crippen LogP contribution < -0.4 is 0 Å². The summed E-state index contributed by atoms with van der Waals surface area (Å²) in [5.41, 5.74) is 2.76. The topological polar surface area (TPSA) is 31.2 Å². The highest BCUT2D eigenvalue weighted by atomic mass is 16.5. The average molecular weight is 315 g/mol. The van der Waals surface area contributed by atoms with E-state index in [1.165, 1.54) is 17.9 Å². The Morgan fingerprint density at radius 2 is 1.58 bits per heavy atom. The summed E-state index contributed by atoms with van der Waals surface area (Å²) in [6, 6.07) is 24.6. The average Bonchev–Trinajstić information content (AvgIpc) is 2.99. The van der Waals surface area contributed by atoms with Gasteiger partial charge in [-0.2, -0.15) is 0 Å². The molecule has 1 aromatic heterocycles. The second-order valence-electron chi connectivity index (χ2n) is 5.85. The molecule has 0 bridgehead atoms. The molecule has 3 aromatic carbocycles. The number of fused-ring (bicyclic) bond motifs is 2. The van der Waals surface area contributed by atoms with Crippen molar-refractivity contribution in [1.29, 1.82) is 0 Å². The van der Waals surface area contributed by atoms with E-state index in [1.807, 2.05) is 47.0 Å². The Morgan fingerprint density at radius 1 is 0.875 bits per heavy atom. The first-order valence-corrected chi connectivity index (χ1v) is 7.90. The van der Waals surface area contributed by atoms with E-state index in [0.29, 0.717) is 12.2 Å². The van der Waals surface area contributed by atoms with Crippen LogP contribution in [-0.2, 0) is 11.3 Å². The van der Waals surface area contributed by atoms with Gasteiger partial charge < -0.3 is 9.30 Å². The minimum Gasteiger partial charge on any atom is -0.464 e. The van der Waals surface area contributed by atoms with Gasteiger partial charge in [0.25, 0.3) is 0 Å². The predicted molar refractivity (Wildman–Crippen MR) is 96.3 cm³/mol. The molecule has 0 fully saturated rings. The van der Waals surface area contributed by atoms with E-state index in [1.54, 1.807) is 0 Å². The van der Waals surface area contributed by atoms with E-state index in [2.05, 4.69) is 30.3 Å². The van der Waals surface area contributed by atoms with Crippen LogP contribution in [0.2, 0.25) is 0 Å². The van der Waals surface area contributed by atoms with Crippen LogP contribution >= 0.6 is 0 Å². The molecule has 0 aliphatic rings. The number of hydrogen-bond acceptors (Lipinski definition) is 2. The van der Waals surface area contributed by atoms with Gasteiger partial charge in [-0.15, -0.1) is 0 Å². The quantitative estimate of drug-likeness (QED) is 0.516. The van der Waals surface area contributed by atoms with E-state index >= 15 is 0 Å². The molecule has 0 atom stereocenters. The van der Waals surface area contributed by atoms with Crippen molar-refractivity contribution in [2.75, 3.05) is 7.11 Å². The second-order valence-corrected chi connectivity index (χ2v) is 5.85. The Hall–Kier alpha value is -3.07. The van der Waals surface area contributed by atoms with Crippen molar-refractivity contribution in [3.8, 4) is 0 Å². The van der Waals surface area contributed by atoms with Crippen LogP contribution in [-0.4, -0.2) is 17.6 Å². The van der Waals surface area contributed by atoms with Gasteiger partial charge in [-0.25, -0.2) is 4.79 Å². The first kappa shape index (κ1) is 14.5. The number of esters is 1. The maximum Gasteiger partial charge on any atom is 0.354 e. The summed E-state index contributed by atoms with van der Waals surface area (Å²) >= 11 is 0. The van der Waals surface area contributed by atoms with E-state index in [4.69, 9.17) is 4.74 Å². The van der Waals surface area contributed by atoms with Crippen LogP contribution in [0.25, 0.3) is 21.7 Å². The molecule has 3 nitrogen and oxygen atoms in total. The third-order valence-corrected chi connectivity index (χ3v) is 4.36. The molecule has 24 heavy (non-hydrogen) atoms. The van der Waals surface area contributed by atoms with Crippen molar-refractivity contribution in [2.24, 2.45) is 0 Å². The highest BCUT2D eigenvalue weighted by Crippen LogP contribution is 2.23. The van der Waals surface area contributed by atoms with E-state index in [-0.39, 0.29) is 5.97 Å². The van der Waals surface area contributed by atoms with Gasteiger partial charge in [-0.05, 0) is 34.5 Å². The Balaban J connectivity index is 1.83. The van der Waals surface area contributed by atoms with E-state index in [0.717, 1.165) is 16.5 Å². The van der Waals surface area contributed by atoms with Crippen LogP contribution in [0.1, 0.15) is 16.1 Å². The summed E-state index contributed by atoms with van der Waals surface area (Å²) < 4.78 is 6.97. The minimum absolute atomic E-state index is 0.313. The molecule has 0 saturated carbocycles. The first-order valence-electron chi connectivity index (χ1n) is 7.90. The Morgan fingerprint density at radius 3 is 2.38 bits per heavy atom. The fourth-order valence-corrected chi connectivity index (χ4v) is 3.17. The largest absolute Gasteiger partial charge is 0.464 e. The van der Waals surface area contributed by atoms with Crippen molar-refractivity contribution >= 4 is 27.6 Å². The zero-order valence-electron chi connectivity index (χ0n) is 13.4. The number of ether oxygens (including phenoxy) is 1. The molecule has 0 spiro atoms. The summed E-state index contributed by atoms with van der Waals surface area (Å²) in [5.74, 6) is -0.313. The molecule has 4 rings (SSSR count). The zero-order chi connectivity index (χ0) is 16.5. The molecular weight excluding hydrogens is 298 g/mol. The maximum absolute atomic E-state index is 12.2. The lowest BCUT2D eigenvalue weighted by atomic mass is 10.1. The third kappa shape index (κ3) is 2.44. The van der Waals surface area contributed by atoms with Gasteiger partial charge in [-0.1, -0.05) is 54.6 Å². The molecule has 4 aromatic rings. The van der Waals surface area contributed by atoms with Gasteiger partial charge in [0.05, 0.1) is 7.11 Å². The van der Waals surface area contributed by atoms with Crippen LogP contribution in [0.15, 0.2) is 72.8 Å². The van der Waals surface area contributed by atoms with E-state index < -0.39 is 0 Å². The Bertz CT molecular complexity index is 1050. The van der Waals surface area contributed by atoms with Gasteiger partial charge >= 0.3 is 5.97 Å². The first-order chi connectivity index (χ1) is 11.8. The summed E-state index contributed by atoms with van der Waals surface area (Å²) in [7, 11) is 1.42. The highest BCUT2D eigenvalue weighted by Gasteiger charge is 2.16. The fourth-order valence-electron chi connectivity index (χ4n) is 3.17. The van der Waals surface area contributed by atoms with Crippen molar-refractivity contribution in [3.05, 3.63) is 84.1 Å². The molecule has 0 radical (unpaired) electrons. The monoisotopic (exact) mass is 315 g/mol. The predicted octanol–water partition coefficient (Wildman–Crippen LogP) is 4.63. The Kier molecular flexibility index (Phi) is 3.54. The number of methoxy groups -OCH3 is 1. The van der Waals surface area contributed by atoms with Gasteiger partial charge in [0.15, 0.2) is 0 Å². The summed E-state index contributed by atoms with van der Waals surface area (Å²) in [5, 5.41) is 3.46. The van der Waals surface area contributed by atoms with Crippen LogP contribution in [0.5, 0.6) is 0 Å². The van der Waals surface area contributed by atoms with Gasteiger partial charge in [0.1, 0.15) is 5.69 Å². The molecule has 0 N–H and O–H groups in total. The van der Waals surface area contributed by atoms with Crippen LogP contribution in [0, 0.1) is 0 Å². The fraction of sp³-hybridized carbons (Fsp3) is 0.0952. The van der Waals surface area contributed by atoms with Gasteiger partial charge in [0.2, 0.25) is 0 Å². The molecule has 118 valence electrons. The number of para-hydroxylation sites is 1. The second kappa shape index (κ2) is 5.85. The molecule has 0 aliphatic heterocycles. The lowest BCUT2D eigenvalue weighted by Crippen LogP contribution is -2.11. The number of benzene rings is 3. The smallest absolute Gasteiger partial charge is 0.354 e. The molecule has 0 aliphatic carbocycles. The van der Waals surface area contributed by atoms with Crippen LogP contribution in [0.4, 0.5) is 0 Å². The molecule has 3 heteroatoms. The molecular formula is C21H17NO2. The molecule has 0 saturated heterocycles. The SMILES string of the molecule is COC(=O)c1cc2ccccc2n1Cc1ccc2ccccc2c1. The van der Waals surface area contributed by atoms with Crippen molar-refractivity contribution < 1.29 is 9.53 Å². The number of nitrogens with zero attached hydrogens (tertiary/aromatic N) is 1. The van der Waals surface area contributed by atoms with Crippen LogP contribution in [0.3, 0.4) is 0 Å². The third-order valence-electron chi connectivity index (χ3n) is 4.36. The maximum atomic E-state index is 12.2. The van der Waals surface area contributed by atoms with Gasteiger partial charge in [-0.3, -0.25) is 0 Å². The standard InChI is InChI=1S/C21H17NO2/c1-24-21(23)20-13-18-8-4-5-9-19(18)22(20)14-15-10-11-16-6-2-3-7-17(16)12-15/h2-13H,14H2,1H3.